The summed E-state index contributed by atoms with van der Waals surface area (Å²) < 4.78 is 28.8. The van der Waals surface area contributed by atoms with Gasteiger partial charge in [0.15, 0.2) is 11.6 Å². The molecule has 1 fully saturated rings. The van der Waals surface area contributed by atoms with Crippen LogP contribution in [0.15, 0.2) is 54.6 Å². The summed E-state index contributed by atoms with van der Waals surface area (Å²) >= 11 is 0. The van der Waals surface area contributed by atoms with E-state index < -0.39 is 17.5 Å². The minimum absolute atomic E-state index is 0.00814. The van der Waals surface area contributed by atoms with Crippen LogP contribution in [-0.2, 0) is 0 Å². The number of nitrogens with one attached hydrogen (secondary N) is 1. The topological polar surface area (TPSA) is 32.3 Å². The number of nitrogens with zero attached hydrogens (tertiary/aromatic N) is 1. The molecule has 26 heavy (non-hydrogen) atoms. The van der Waals surface area contributed by atoms with Gasteiger partial charge < -0.3 is 10.2 Å². The summed E-state index contributed by atoms with van der Waals surface area (Å²) in [6.07, 6.45) is 1.86. The lowest BCUT2D eigenvalue weighted by molar-refractivity contribution is 0.102. The number of halogens is 2. The van der Waals surface area contributed by atoms with Crippen molar-refractivity contribution in [2.45, 2.75) is 12.8 Å². The first-order valence-electron chi connectivity index (χ1n) is 8.66. The molecule has 132 valence electrons. The van der Waals surface area contributed by atoms with Crippen molar-refractivity contribution in [3.8, 4) is 0 Å². The molecule has 3 aromatic carbocycles. The maximum absolute atomic E-state index is 14.4. The van der Waals surface area contributed by atoms with Gasteiger partial charge in [0, 0.05) is 24.3 Å². The van der Waals surface area contributed by atoms with Gasteiger partial charge in [-0.2, -0.15) is 0 Å². The largest absolute Gasteiger partial charge is 0.367 e. The number of benzene rings is 3. The number of rotatable bonds is 3. The van der Waals surface area contributed by atoms with Crippen LogP contribution >= 0.6 is 0 Å². The van der Waals surface area contributed by atoms with Crippen LogP contribution in [0.4, 0.5) is 20.2 Å². The zero-order valence-corrected chi connectivity index (χ0v) is 14.1. The van der Waals surface area contributed by atoms with Gasteiger partial charge in [0.05, 0.1) is 0 Å². The van der Waals surface area contributed by atoms with Crippen molar-refractivity contribution in [2.24, 2.45) is 0 Å². The highest BCUT2D eigenvalue weighted by Crippen LogP contribution is 2.30. The fourth-order valence-electron chi connectivity index (χ4n) is 3.41. The standard InChI is InChI=1S/C21H18F2N2O/c22-18-12-17(13-19(23)20(18)25-9-3-4-10-25)24-21(26)16-8-7-14-5-1-2-6-15(14)11-16/h1-2,5-8,11-13H,3-4,9-10H2,(H,24,26). The van der Waals surface area contributed by atoms with Crippen LogP contribution in [0, 0.1) is 11.6 Å². The lowest BCUT2D eigenvalue weighted by Crippen LogP contribution is -2.21. The molecule has 0 aromatic heterocycles. The number of carbonyl (C=O) groups is 1. The highest BCUT2D eigenvalue weighted by Gasteiger charge is 2.21. The first kappa shape index (κ1) is 16.5. The maximum atomic E-state index is 14.4. The van der Waals surface area contributed by atoms with Gasteiger partial charge in [0.25, 0.3) is 5.91 Å². The van der Waals surface area contributed by atoms with Crippen LogP contribution in [0.2, 0.25) is 0 Å². The summed E-state index contributed by atoms with van der Waals surface area (Å²) in [5.41, 5.74) is 0.542. The molecule has 0 spiro atoms. The lowest BCUT2D eigenvalue weighted by Gasteiger charge is -2.19. The zero-order valence-electron chi connectivity index (χ0n) is 14.1. The van der Waals surface area contributed by atoms with E-state index >= 15 is 0 Å². The van der Waals surface area contributed by atoms with Crippen LogP contribution in [0.25, 0.3) is 10.8 Å². The van der Waals surface area contributed by atoms with E-state index in [4.69, 9.17) is 0 Å². The molecule has 0 unspecified atom stereocenters. The second kappa shape index (κ2) is 6.75. The Bertz CT molecular complexity index is 958. The molecule has 1 amide bonds. The number of hydrogen-bond acceptors (Lipinski definition) is 2. The molecular formula is C21H18F2N2O. The maximum Gasteiger partial charge on any atom is 0.255 e. The van der Waals surface area contributed by atoms with E-state index in [1.165, 1.54) is 12.1 Å². The number of anilines is 2. The summed E-state index contributed by atoms with van der Waals surface area (Å²) in [5, 5.41) is 4.54. The SMILES string of the molecule is O=C(Nc1cc(F)c(N2CCCC2)c(F)c1)c1ccc2ccccc2c1. The molecule has 1 heterocycles. The van der Waals surface area contributed by atoms with Crippen LogP contribution in [0.5, 0.6) is 0 Å². The summed E-state index contributed by atoms with van der Waals surface area (Å²) in [6, 6.07) is 15.3. The van der Waals surface area contributed by atoms with Gasteiger partial charge in [0.2, 0.25) is 0 Å². The molecule has 1 aliphatic heterocycles. The number of carbonyl (C=O) groups excluding carboxylic acids is 1. The molecule has 0 saturated carbocycles. The van der Waals surface area contributed by atoms with Gasteiger partial charge in [-0.3, -0.25) is 4.79 Å². The van der Waals surface area contributed by atoms with Crippen molar-refractivity contribution in [3.05, 3.63) is 71.8 Å². The smallest absolute Gasteiger partial charge is 0.255 e. The van der Waals surface area contributed by atoms with Gasteiger partial charge >= 0.3 is 0 Å². The molecule has 0 bridgehead atoms. The minimum Gasteiger partial charge on any atom is -0.367 e. The van der Waals surface area contributed by atoms with Crippen molar-refractivity contribution in [1.29, 1.82) is 0 Å². The Hall–Kier alpha value is -2.95. The van der Waals surface area contributed by atoms with E-state index in [1.807, 2.05) is 30.3 Å². The van der Waals surface area contributed by atoms with Gasteiger partial charge in [-0.1, -0.05) is 30.3 Å². The third kappa shape index (κ3) is 3.12. The van der Waals surface area contributed by atoms with E-state index in [-0.39, 0.29) is 11.4 Å². The Morgan fingerprint density at radius 3 is 2.23 bits per heavy atom. The number of fused-ring (bicyclic) bond motifs is 1. The number of amides is 1. The zero-order chi connectivity index (χ0) is 18.1. The predicted octanol–water partition coefficient (Wildman–Crippen LogP) is 4.97. The van der Waals surface area contributed by atoms with Crippen LogP contribution in [0.3, 0.4) is 0 Å². The van der Waals surface area contributed by atoms with Gasteiger partial charge in [0.1, 0.15) is 5.69 Å². The molecule has 1 aliphatic rings. The lowest BCUT2D eigenvalue weighted by atomic mass is 10.1. The highest BCUT2D eigenvalue weighted by molar-refractivity contribution is 6.06. The van der Waals surface area contributed by atoms with Crippen molar-refractivity contribution < 1.29 is 13.6 Å². The number of hydrogen-bond donors (Lipinski definition) is 1. The first-order chi connectivity index (χ1) is 12.6. The molecule has 3 nitrogen and oxygen atoms in total. The van der Waals surface area contributed by atoms with E-state index in [1.54, 1.807) is 17.0 Å². The highest BCUT2D eigenvalue weighted by atomic mass is 19.1. The summed E-state index contributed by atoms with van der Waals surface area (Å²) in [5.74, 6) is -1.70. The quantitative estimate of drug-likeness (QED) is 0.722. The Labute approximate surface area is 150 Å². The van der Waals surface area contributed by atoms with Crippen molar-refractivity contribution in [1.82, 2.24) is 0 Å². The Kier molecular flexibility index (Phi) is 4.29. The van der Waals surface area contributed by atoms with E-state index in [2.05, 4.69) is 5.32 Å². The second-order valence-electron chi connectivity index (χ2n) is 6.50. The van der Waals surface area contributed by atoms with Gasteiger partial charge in [-0.25, -0.2) is 8.78 Å². The molecule has 0 radical (unpaired) electrons. The van der Waals surface area contributed by atoms with Crippen molar-refractivity contribution in [2.75, 3.05) is 23.3 Å². The summed E-state index contributed by atoms with van der Waals surface area (Å²) in [7, 11) is 0. The van der Waals surface area contributed by atoms with Crippen LogP contribution < -0.4 is 10.2 Å². The minimum atomic E-state index is -0.652. The van der Waals surface area contributed by atoms with E-state index in [0.29, 0.717) is 18.7 Å². The fraction of sp³-hybridized carbons (Fsp3) is 0.190. The van der Waals surface area contributed by atoms with Crippen molar-refractivity contribution in [3.63, 3.8) is 0 Å². The Morgan fingerprint density at radius 2 is 1.54 bits per heavy atom. The van der Waals surface area contributed by atoms with Gasteiger partial charge in [-0.05, 0) is 47.9 Å². The summed E-state index contributed by atoms with van der Waals surface area (Å²) in [4.78, 5) is 14.2. The molecule has 1 saturated heterocycles. The van der Waals surface area contributed by atoms with E-state index in [0.717, 1.165) is 23.6 Å². The molecule has 5 heteroatoms. The average molecular weight is 352 g/mol. The van der Waals surface area contributed by atoms with Crippen molar-refractivity contribution >= 4 is 28.1 Å². The Balaban J connectivity index is 1.58. The molecule has 0 aliphatic carbocycles. The Morgan fingerprint density at radius 1 is 0.885 bits per heavy atom. The fourth-order valence-corrected chi connectivity index (χ4v) is 3.41. The van der Waals surface area contributed by atoms with Crippen LogP contribution in [-0.4, -0.2) is 19.0 Å². The van der Waals surface area contributed by atoms with Crippen LogP contribution in [0.1, 0.15) is 23.2 Å². The molecule has 1 N–H and O–H groups in total. The normalized spacial score (nSPS) is 14.0. The van der Waals surface area contributed by atoms with Gasteiger partial charge in [-0.15, -0.1) is 0 Å². The third-order valence-electron chi connectivity index (χ3n) is 4.71. The monoisotopic (exact) mass is 352 g/mol. The second-order valence-corrected chi connectivity index (χ2v) is 6.50. The van der Waals surface area contributed by atoms with E-state index in [9.17, 15) is 13.6 Å². The first-order valence-corrected chi connectivity index (χ1v) is 8.66. The molecule has 4 rings (SSSR count). The molecule has 3 aromatic rings. The summed E-state index contributed by atoms with van der Waals surface area (Å²) in [6.45, 7) is 1.30. The molecular weight excluding hydrogens is 334 g/mol. The predicted molar refractivity (Wildman–Crippen MR) is 99.7 cm³/mol. The average Bonchev–Trinajstić information content (AvgIpc) is 3.15. The molecule has 0 atom stereocenters. The third-order valence-corrected chi connectivity index (χ3v) is 4.71.